The Bertz CT molecular complexity index is 695. The second kappa shape index (κ2) is 9.38. The zero-order valence-electron chi connectivity index (χ0n) is 14.8. The van der Waals surface area contributed by atoms with Crippen molar-refractivity contribution in [2.75, 3.05) is 13.1 Å². The minimum Gasteiger partial charge on any atom is -0.467 e. The molecular formula is C20H25N3O2S. The summed E-state index contributed by atoms with van der Waals surface area (Å²) in [4.78, 5) is 14.3. The lowest BCUT2D eigenvalue weighted by molar-refractivity contribution is -0.122. The van der Waals surface area contributed by atoms with Crippen molar-refractivity contribution >= 4 is 23.2 Å². The fourth-order valence-corrected chi connectivity index (χ4v) is 3.37. The van der Waals surface area contributed by atoms with E-state index in [0.29, 0.717) is 13.0 Å². The Hall–Kier alpha value is -2.34. The van der Waals surface area contributed by atoms with Gasteiger partial charge in [0, 0.05) is 25.6 Å². The summed E-state index contributed by atoms with van der Waals surface area (Å²) in [6.45, 7) is 2.31. The quantitative estimate of drug-likeness (QED) is 0.765. The van der Waals surface area contributed by atoms with Gasteiger partial charge in [-0.1, -0.05) is 30.3 Å². The van der Waals surface area contributed by atoms with Crippen molar-refractivity contribution in [3.05, 3.63) is 60.1 Å². The summed E-state index contributed by atoms with van der Waals surface area (Å²) in [7, 11) is 0. The van der Waals surface area contributed by atoms with Crippen LogP contribution >= 0.6 is 12.2 Å². The monoisotopic (exact) mass is 371 g/mol. The summed E-state index contributed by atoms with van der Waals surface area (Å²) in [5.41, 5.74) is 1.20. The summed E-state index contributed by atoms with van der Waals surface area (Å²) >= 11 is 5.46. The van der Waals surface area contributed by atoms with Crippen molar-refractivity contribution in [1.82, 2.24) is 15.5 Å². The molecule has 0 unspecified atom stereocenters. The summed E-state index contributed by atoms with van der Waals surface area (Å²) in [5.74, 6) is 0.999. The van der Waals surface area contributed by atoms with Crippen LogP contribution in [0.2, 0.25) is 0 Å². The first-order chi connectivity index (χ1) is 12.7. The van der Waals surface area contributed by atoms with E-state index in [1.165, 1.54) is 5.56 Å². The largest absolute Gasteiger partial charge is 0.467 e. The van der Waals surface area contributed by atoms with Gasteiger partial charge in [-0.2, -0.15) is 0 Å². The average molecular weight is 372 g/mol. The Balaban J connectivity index is 1.34. The molecule has 1 aliphatic heterocycles. The highest BCUT2D eigenvalue weighted by molar-refractivity contribution is 7.80. The molecule has 2 heterocycles. The fourth-order valence-electron chi connectivity index (χ4n) is 3.12. The Morgan fingerprint density at radius 2 is 1.92 bits per heavy atom. The molecule has 1 aliphatic rings. The number of aryl methyl sites for hydroxylation is 1. The van der Waals surface area contributed by atoms with Crippen LogP contribution in [0.3, 0.4) is 0 Å². The Morgan fingerprint density at radius 1 is 1.15 bits per heavy atom. The smallest absolute Gasteiger partial charge is 0.220 e. The number of carbonyl (C=O) groups is 1. The number of rotatable bonds is 6. The molecule has 0 saturated carbocycles. The summed E-state index contributed by atoms with van der Waals surface area (Å²) < 4.78 is 5.30. The van der Waals surface area contributed by atoms with Gasteiger partial charge in [-0.3, -0.25) is 4.79 Å². The summed E-state index contributed by atoms with van der Waals surface area (Å²) in [6, 6.07) is 14.1. The molecule has 3 rings (SSSR count). The molecule has 0 atom stereocenters. The number of thiocarbonyl (C=S) groups is 1. The number of hydrogen-bond donors (Lipinski definition) is 2. The summed E-state index contributed by atoms with van der Waals surface area (Å²) in [5, 5.41) is 7.13. The molecule has 1 saturated heterocycles. The number of likely N-dealkylation sites (tertiary alicyclic amines) is 1. The molecule has 138 valence electrons. The van der Waals surface area contributed by atoms with E-state index in [2.05, 4.69) is 27.7 Å². The van der Waals surface area contributed by atoms with Gasteiger partial charge in [-0.05, 0) is 49.2 Å². The predicted molar refractivity (Wildman–Crippen MR) is 106 cm³/mol. The molecule has 1 aromatic carbocycles. The van der Waals surface area contributed by atoms with Crippen molar-refractivity contribution in [2.24, 2.45) is 0 Å². The van der Waals surface area contributed by atoms with Crippen molar-refractivity contribution < 1.29 is 9.21 Å². The maximum absolute atomic E-state index is 12.2. The number of furan rings is 1. The van der Waals surface area contributed by atoms with Gasteiger partial charge in [0.1, 0.15) is 5.76 Å². The molecule has 0 aliphatic carbocycles. The maximum Gasteiger partial charge on any atom is 0.220 e. The zero-order valence-corrected chi connectivity index (χ0v) is 15.6. The van der Waals surface area contributed by atoms with Crippen molar-refractivity contribution in [3.8, 4) is 0 Å². The first kappa shape index (κ1) is 18.5. The van der Waals surface area contributed by atoms with E-state index in [9.17, 15) is 4.79 Å². The normalized spacial score (nSPS) is 14.8. The molecule has 0 bridgehead atoms. The second-order valence-corrected chi connectivity index (χ2v) is 6.94. The van der Waals surface area contributed by atoms with E-state index < -0.39 is 0 Å². The Labute approximate surface area is 159 Å². The zero-order chi connectivity index (χ0) is 18.2. The number of nitrogens with one attached hydrogen (secondary N) is 2. The lowest BCUT2D eigenvalue weighted by atomic mass is 10.0. The van der Waals surface area contributed by atoms with Crippen LogP contribution in [0, 0.1) is 0 Å². The highest BCUT2D eigenvalue weighted by Crippen LogP contribution is 2.12. The first-order valence-corrected chi connectivity index (χ1v) is 9.50. The van der Waals surface area contributed by atoms with E-state index in [4.69, 9.17) is 16.6 Å². The predicted octanol–water partition coefficient (Wildman–Crippen LogP) is 2.87. The van der Waals surface area contributed by atoms with Crippen LogP contribution in [0.4, 0.5) is 0 Å². The molecule has 2 aromatic rings. The van der Waals surface area contributed by atoms with Crippen LogP contribution in [0.1, 0.15) is 30.6 Å². The number of piperidine rings is 1. The molecule has 1 amide bonds. The lowest BCUT2D eigenvalue weighted by Crippen LogP contribution is -2.49. The molecule has 0 spiro atoms. The van der Waals surface area contributed by atoms with Gasteiger partial charge >= 0.3 is 0 Å². The molecular weight excluding hydrogens is 346 g/mol. The first-order valence-electron chi connectivity index (χ1n) is 9.09. The lowest BCUT2D eigenvalue weighted by Gasteiger charge is -2.34. The van der Waals surface area contributed by atoms with Crippen molar-refractivity contribution in [2.45, 2.75) is 38.3 Å². The standard InChI is InChI=1S/C20H25N3O2S/c24-19(9-8-16-5-2-1-3-6-16)22-17-10-12-23(13-11-17)20(26)21-15-18-7-4-14-25-18/h1-7,14,17H,8-13,15H2,(H,21,26)(H,22,24). The second-order valence-electron chi connectivity index (χ2n) is 6.55. The number of carbonyl (C=O) groups excluding carboxylic acids is 1. The number of amides is 1. The Morgan fingerprint density at radius 3 is 2.62 bits per heavy atom. The molecule has 0 radical (unpaired) electrons. The maximum atomic E-state index is 12.2. The fraction of sp³-hybridized carbons (Fsp3) is 0.400. The molecule has 26 heavy (non-hydrogen) atoms. The topological polar surface area (TPSA) is 57.5 Å². The third-order valence-electron chi connectivity index (χ3n) is 4.62. The van der Waals surface area contributed by atoms with Crippen molar-refractivity contribution in [1.29, 1.82) is 0 Å². The van der Waals surface area contributed by atoms with Crippen LogP contribution in [0.25, 0.3) is 0 Å². The van der Waals surface area contributed by atoms with Crippen molar-refractivity contribution in [3.63, 3.8) is 0 Å². The highest BCUT2D eigenvalue weighted by Gasteiger charge is 2.22. The number of hydrogen-bond acceptors (Lipinski definition) is 3. The molecule has 6 heteroatoms. The van der Waals surface area contributed by atoms with E-state index in [1.807, 2.05) is 30.3 Å². The van der Waals surface area contributed by atoms with Crippen LogP contribution in [-0.2, 0) is 17.8 Å². The van der Waals surface area contributed by atoms with Crippen LogP contribution < -0.4 is 10.6 Å². The third kappa shape index (κ3) is 5.59. The van der Waals surface area contributed by atoms with E-state index >= 15 is 0 Å². The molecule has 5 nitrogen and oxygen atoms in total. The van der Waals surface area contributed by atoms with E-state index in [0.717, 1.165) is 43.2 Å². The van der Waals surface area contributed by atoms with E-state index in [1.54, 1.807) is 6.26 Å². The third-order valence-corrected chi connectivity index (χ3v) is 5.03. The minimum atomic E-state index is 0.130. The minimum absolute atomic E-state index is 0.130. The van der Waals surface area contributed by atoms with Gasteiger partial charge in [0.05, 0.1) is 12.8 Å². The number of nitrogens with zero attached hydrogens (tertiary/aromatic N) is 1. The molecule has 1 aromatic heterocycles. The average Bonchev–Trinajstić information content (AvgIpc) is 3.19. The summed E-state index contributed by atoms with van der Waals surface area (Å²) in [6.07, 6.45) is 4.81. The van der Waals surface area contributed by atoms with Crippen LogP contribution in [0.5, 0.6) is 0 Å². The van der Waals surface area contributed by atoms with Gasteiger partial charge < -0.3 is 20.0 Å². The van der Waals surface area contributed by atoms with Gasteiger partial charge in [0.15, 0.2) is 5.11 Å². The number of benzene rings is 1. The van der Waals surface area contributed by atoms with Gasteiger partial charge in [0.2, 0.25) is 5.91 Å². The van der Waals surface area contributed by atoms with Crippen LogP contribution in [-0.4, -0.2) is 35.1 Å². The van der Waals surface area contributed by atoms with Gasteiger partial charge in [0.25, 0.3) is 0 Å². The van der Waals surface area contributed by atoms with Crippen LogP contribution in [0.15, 0.2) is 53.1 Å². The van der Waals surface area contributed by atoms with Gasteiger partial charge in [-0.25, -0.2) is 0 Å². The molecule has 1 fully saturated rings. The van der Waals surface area contributed by atoms with Gasteiger partial charge in [-0.15, -0.1) is 0 Å². The SMILES string of the molecule is O=C(CCc1ccccc1)NC1CCN(C(=S)NCc2ccco2)CC1. The highest BCUT2D eigenvalue weighted by atomic mass is 32.1. The van der Waals surface area contributed by atoms with E-state index in [-0.39, 0.29) is 11.9 Å². The Kier molecular flexibility index (Phi) is 6.66. The molecule has 2 N–H and O–H groups in total.